The maximum atomic E-state index is 14.7. The van der Waals surface area contributed by atoms with Crippen molar-refractivity contribution >= 4 is 66.1 Å². The molecule has 3 heterocycles. The van der Waals surface area contributed by atoms with Crippen molar-refractivity contribution in [1.29, 1.82) is 0 Å². The monoisotopic (exact) mass is 491 g/mol. The molecule has 1 fully saturated rings. The van der Waals surface area contributed by atoms with Crippen LogP contribution in [0.15, 0.2) is 28.1 Å². The highest BCUT2D eigenvalue weighted by Crippen LogP contribution is 2.51. The van der Waals surface area contributed by atoms with Gasteiger partial charge in [0.15, 0.2) is 0 Å². The molecule has 1 saturated carbocycles. The molecule has 0 spiro atoms. The SMILES string of the molecule is N[C@H]1CCCC(F)(F)[C@@H]1c1sc2c(NCc3cccs3)cc(Cl)nc2c1Br. The summed E-state index contributed by atoms with van der Waals surface area (Å²) < 4.78 is 30.7. The van der Waals surface area contributed by atoms with Gasteiger partial charge in [0, 0.05) is 34.8 Å². The second-order valence-electron chi connectivity index (χ2n) is 6.68. The molecule has 0 bridgehead atoms. The first-order chi connectivity index (χ1) is 12.9. The fourth-order valence-corrected chi connectivity index (χ4v) is 6.66. The van der Waals surface area contributed by atoms with E-state index in [-0.39, 0.29) is 6.42 Å². The zero-order valence-electron chi connectivity index (χ0n) is 14.1. The van der Waals surface area contributed by atoms with Gasteiger partial charge in [-0.05, 0) is 40.2 Å². The normalized spacial score (nSPS) is 22.3. The van der Waals surface area contributed by atoms with E-state index in [9.17, 15) is 8.78 Å². The molecule has 0 radical (unpaired) electrons. The minimum atomic E-state index is -2.82. The highest BCUT2D eigenvalue weighted by atomic mass is 79.9. The Bertz CT molecular complexity index is 961. The van der Waals surface area contributed by atoms with Gasteiger partial charge in [-0.1, -0.05) is 17.7 Å². The van der Waals surface area contributed by atoms with Crippen molar-refractivity contribution in [1.82, 2.24) is 4.98 Å². The van der Waals surface area contributed by atoms with Crippen LogP contribution in [0.2, 0.25) is 5.15 Å². The fourth-order valence-electron chi connectivity index (χ4n) is 3.55. The number of halogens is 4. The summed E-state index contributed by atoms with van der Waals surface area (Å²) in [7, 11) is 0. The van der Waals surface area contributed by atoms with Crippen molar-refractivity contribution in [3.8, 4) is 0 Å². The van der Waals surface area contributed by atoms with Crippen molar-refractivity contribution in [2.24, 2.45) is 5.73 Å². The maximum absolute atomic E-state index is 14.7. The van der Waals surface area contributed by atoms with Crippen molar-refractivity contribution in [2.45, 2.75) is 43.7 Å². The number of pyridine rings is 1. The molecule has 9 heteroatoms. The fraction of sp³-hybridized carbons (Fsp3) is 0.389. The molecule has 0 saturated heterocycles. The van der Waals surface area contributed by atoms with Crippen LogP contribution in [-0.2, 0) is 6.54 Å². The van der Waals surface area contributed by atoms with E-state index in [4.69, 9.17) is 17.3 Å². The molecule has 3 aromatic heterocycles. The van der Waals surface area contributed by atoms with Crippen LogP contribution < -0.4 is 11.1 Å². The van der Waals surface area contributed by atoms with Crippen molar-refractivity contribution in [2.75, 3.05) is 5.32 Å². The van der Waals surface area contributed by atoms with Gasteiger partial charge >= 0.3 is 0 Å². The highest BCUT2D eigenvalue weighted by Gasteiger charge is 2.48. The van der Waals surface area contributed by atoms with Crippen molar-refractivity contribution in [3.63, 3.8) is 0 Å². The lowest BCUT2D eigenvalue weighted by Crippen LogP contribution is -2.43. The second-order valence-corrected chi connectivity index (χ2v) is 9.94. The van der Waals surface area contributed by atoms with Crippen LogP contribution in [0.4, 0.5) is 14.5 Å². The molecule has 27 heavy (non-hydrogen) atoms. The van der Waals surface area contributed by atoms with E-state index in [2.05, 4.69) is 26.2 Å². The molecule has 3 N–H and O–H groups in total. The summed E-state index contributed by atoms with van der Waals surface area (Å²) in [6.07, 6.45) is 0.910. The number of hydrogen-bond acceptors (Lipinski definition) is 5. The first-order valence-electron chi connectivity index (χ1n) is 8.55. The molecule has 0 unspecified atom stereocenters. The third-order valence-electron chi connectivity index (χ3n) is 4.82. The van der Waals surface area contributed by atoms with Gasteiger partial charge in [-0.2, -0.15) is 0 Å². The largest absolute Gasteiger partial charge is 0.379 e. The zero-order chi connectivity index (χ0) is 19.2. The minimum absolute atomic E-state index is 0.135. The third-order valence-corrected chi connectivity index (χ3v) is 8.25. The van der Waals surface area contributed by atoms with Gasteiger partial charge in [0.25, 0.3) is 5.92 Å². The van der Waals surface area contributed by atoms with Crippen LogP contribution in [0, 0.1) is 0 Å². The summed E-state index contributed by atoms with van der Waals surface area (Å²) in [5.41, 5.74) is 7.51. The van der Waals surface area contributed by atoms with Gasteiger partial charge in [0.1, 0.15) is 5.15 Å². The number of rotatable bonds is 4. The highest BCUT2D eigenvalue weighted by molar-refractivity contribution is 9.10. The van der Waals surface area contributed by atoms with E-state index in [1.807, 2.05) is 17.5 Å². The third kappa shape index (κ3) is 3.74. The number of anilines is 1. The van der Waals surface area contributed by atoms with Gasteiger partial charge in [-0.15, -0.1) is 22.7 Å². The Hall–Kier alpha value is -0.800. The standard InChI is InChI=1S/C18H17BrClF2N3S2/c19-14-15-16(27-17(14)13-10(23)4-1-5-18(13,21)22)11(7-12(20)25-15)24-8-9-3-2-6-26-9/h2-3,6-7,10,13H,1,4-5,8,23H2,(H,24,25)/t10-,13-/m0/s1. The van der Waals surface area contributed by atoms with Gasteiger partial charge in [-0.3, -0.25) is 0 Å². The Morgan fingerprint density at radius 3 is 2.96 bits per heavy atom. The summed E-state index contributed by atoms with van der Waals surface area (Å²) in [4.78, 5) is 6.10. The van der Waals surface area contributed by atoms with Gasteiger partial charge in [0.05, 0.1) is 26.3 Å². The lowest BCUT2D eigenvalue weighted by atomic mass is 9.81. The van der Waals surface area contributed by atoms with Crippen LogP contribution in [0.1, 0.15) is 34.9 Å². The first-order valence-corrected chi connectivity index (χ1v) is 11.4. The van der Waals surface area contributed by atoms with E-state index in [1.165, 1.54) is 16.2 Å². The van der Waals surface area contributed by atoms with Crippen molar-refractivity contribution in [3.05, 3.63) is 43.0 Å². The second kappa shape index (κ2) is 7.55. The lowest BCUT2D eigenvalue weighted by molar-refractivity contribution is -0.0603. The Balaban J connectivity index is 1.77. The molecule has 1 aliphatic rings. The Labute approximate surface area is 177 Å². The number of nitrogens with two attached hydrogens (primary N) is 1. The maximum Gasteiger partial charge on any atom is 0.257 e. The first kappa shape index (κ1) is 19.5. The van der Waals surface area contributed by atoms with Crippen LogP contribution in [0.3, 0.4) is 0 Å². The number of nitrogens with zero attached hydrogens (tertiary/aromatic N) is 1. The molecular formula is C18H17BrClF2N3S2. The Morgan fingerprint density at radius 1 is 1.44 bits per heavy atom. The van der Waals surface area contributed by atoms with E-state index >= 15 is 0 Å². The van der Waals surface area contributed by atoms with Gasteiger partial charge in [0.2, 0.25) is 0 Å². The number of aromatic nitrogens is 1. The van der Waals surface area contributed by atoms with E-state index in [0.29, 0.717) is 39.4 Å². The summed E-state index contributed by atoms with van der Waals surface area (Å²) in [6, 6.07) is 5.19. The lowest BCUT2D eigenvalue weighted by Gasteiger charge is -2.35. The Kier molecular flexibility index (Phi) is 5.46. The molecule has 3 aromatic rings. The van der Waals surface area contributed by atoms with E-state index < -0.39 is 17.9 Å². The van der Waals surface area contributed by atoms with E-state index in [1.54, 1.807) is 17.4 Å². The van der Waals surface area contributed by atoms with E-state index in [0.717, 1.165) is 10.4 Å². The predicted molar refractivity (Wildman–Crippen MR) is 113 cm³/mol. The topological polar surface area (TPSA) is 50.9 Å². The summed E-state index contributed by atoms with van der Waals surface area (Å²) in [5.74, 6) is -3.83. The van der Waals surface area contributed by atoms with Crippen LogP contribution in [-0.4, -0.2) is 16.9 Å². The summed E-state index contributed by atoms with van der Waals surface area (Å²) in [5, 5.41) is 5.70. The van der Waals surface area contributed by atoms with Gasteiger partial charge < -0.3 is 11.1 Å². The predicted octanol–water partition coefficient (Wildman–Crippen LogP) is 6.62. The summed E-state index contributed by atoms with van der Waals surface area (Å²) in [6.45, 7) is 0.636. The van der Waals surface area contributed by atoms with Crippen LogP contribution in [0.5, 0.6) is 0 Å². The number of alkyl halides is 2. The molecule has 3 nitrogen and oxygen atoms in total. The molecule has 0 aliphatic heterocycles. The number of fused-ring (bicyclic) bond motifs is 1. The number of hydrogen-bond donors (Lipinski definition) is 2. The molecule has 0 amide bonds. The average Bonchev–Trinajstić information content (AvgIpc) is 3.22. The molecule has 144 valence electrons. The zero-order valence-corrected chi connectivity index (χ0v) is 18.1. The van der Waals surface area contributed by atoms with Crippen LogP contribution in [0.25, 0.3) is 10.2 Å². The Morgan fingerprint density at radius 2 is 2.26 bits per heavy atom. The van der Waals surface area contributed by atoms with Crippen molar-refractivity contribution < 1.29 is 8.78 Å². The molecule has 2 atom stereocenters. The molecular weight excluding hydrogens is 476 g/mol. The van der Waals surface area contributed by atoms with Gasteiger partial charge in [-0.25, -0.2) is 13.8 Å². The molecule has 0 aromatic carbocycles. The summed E-state index contributed by atoms with van der Waals surface area (Å²) >= 11 is 12.7. The average molecular weight is 493 g/mol. The molecule has 1 aliphatic carbocycles. The minimum Gasteiger partial charge on any atom is -0.379 e. The number of nitrogens with one attached hydrogen (secondary N) is 1. The van der Waals surface area contributed by atoms with Crippen LogP contribution >= 0.6 is 50.2 Å². The quantitative estimate of drug-likeness (QED) is 0.403. The number of thiophene rings is 2. The smallest absolute Gasteiger partial charge is 0.257 e. The molecule has 4 rings (SSSR count).